The molecular weight excluding hydrogens is 448 g/mol. The standard InChI is InChI=1S/C22H17BrN4OS/c23-17-10-11-21(24-15-17)29-20-9-4-2-7-18(20)22(28)25-14-16-6-1-3-8-19(16)27-13-5-12-26-27/h1-13,15H,14H2,(H,25,28). The number of pyridine rings is 1. The van der Waals surface area contributed by atoms with E-state index in [4.69, 9.17) is 0 Å². The second kappa shape index (κ2) is 9.07. The molecular formula is C22H17BrN4OS. The SMILES string of the molecule is O=C(NCc1ccccc1-n1cccn1)c1ccccc1Sc1ccc(Br)cn1. The van der Waals surface area contributed by atoms with E-state index < -0.39 is 0 Å². The van der Waals surface area contributed by atoms with Crippen LogP contribution in [0.25, 0.3) is 5.69 Å². The molecule has 7 heteroatoms. The summed E-state index contributed by atoms with van der Waals surface area (Å²) in [4.78, 5) is 18.1. The van der Waals surface area contributed by atoms with Crippen molar-refractivity contribution in [3.05, 3.63) is 101 Å². The molecule has 144 valence electrons. The Kier molecular flexibility index (Phi) is 6.07. The summed E-state index contributed by atoms with van der Waals surface area (Å²) in [5.74, 6) is -0.125. The Hall–Kier alpha value is -2.90. The van der Waals surface area contributed by atoms with Crippen molar-refractivity contribution in [1.82, 2.24) is 20.1 Å². The maximum atomic E-state index is 12.9. The number of hydrogen-bond donors (Lipinski definition) is 1. The number of hydrogen-bond acceptors (Lipinski definition) is 4. The zero-order valence-corrected chi connectivity index (χ0v) is 17.7. The normalized spacial score (nSPS) is 10.7. The Morgan fingerprint density at radius 3 is 2.66 bits per heavy atom. The van der Waals surface area contributed by atoms with Crippen LogP contribution in [0.1, 0.15) is 15.9 Å². The van der Waals surface area contributed by atoms with Crippen molar-refractivity contribution in [2.75, 3.05) is 0 Å². The molecule has 4 rings (SSSR count). The second-order valence-electron chi connectivity index (χ2n) is 6.17. The number of aromatic nitrogens is 3. The zero-order valence-electron chi connectivity index (χ0n) is 15.3. The molecule has 2 aromatic heterocycles. The molecule has 0 saturated carbocycles. The lowest BCUT2D eigenvalue weighted by Gasteiger charge is -2.12. The third kappa shape index (κ3) is 4.75. The van der Waals surface area contributed by atoms with Crippen LogP contribution in [0.3, 0.4) is 0 Å². The smallest absolute Gasteiger partial charge is 0.252 e. The summed E-state index contributed by atoms with van der Waals surface area (Å²) in [5.41, 5.74) is 2.56. The van der Waals surface area contributed by atoms with Crippen LogP contribution in [0.4, 0.5) is 0 Å². The summed E-state index contributed by atoms with van der Waals surface area (Å²) in [7, 11) is 0. The Morgan fingerprint density at radius 2 is 1.86 bits per heavy atom. The van der Waals surface area contributed by atoms with Gasteiger partial charge in [-0.15, -0.1) is 0 Å². The molecule has 0 bridgehead atoms. The first-order valence-corrected chi connectivity index (χ1v) is 10.6. The molecule has 0 fully saturated rings. The molecule has 0 aliphatic rings. The third-order valence-electron chi connectivity index (χ3n) is 4.23. The van der Waals surface area contributed by atoms with E-state index in [0.717, 1.165) is 25.6 Å². The minimum Gasteiger partial charge on any atom is -0.348 e. The quantitative estimate of drug-likeness (QED) is 0.430. The molecule has 0 radical (unpaired) electrons. The van der Waals surface area contributed by atoms with Gasteiger partial charge in [-0.1, -0.05) is 42.1 Å². The van der Waals surface area contributed by atoms with Crippen LogP contribution >= 0.6 is 27.7 Å². The van der Waals surface area contributed by atoms with E-state index in [1.807, 2.05) is 72.9 Å². The van der Waals surface area contributed by atoms with Gasteiger partial charge in [0.15, 0.2) is 0 Å². The minimum absolute atomic E-state index is 0.125. The van der Waals surface area contributed by atoms with Gasteiger partial charge in [0.1, 0.15) is 5.03 Å². The van der Waals surface area contributed by atoms with Crippen molar-refractivity contribution < 1.29 is 4.79 Å². The van der Waals surface area contributed by atoms with Crippen LogP contribution in [0, 0.1) is 0 Å². The summed E-state index contributed by atoms with van der Waals surface area (Å²) in [6, 6.07) is 21.2. The van der Waals surface area contributed by atoms with E-state index in [0.29, 0.717) is 12.1 Å². The van der Waals surface area contributed by atoms with Gasteiger partial charge in [0.25, 0.3) is 5.91 Å². The van der Waals surface area contributed by atoms with Crippen LogP contribution in [-0.2, 0) is 6.54 Å². The molecule has 0 aliphatic heterocycles. The van der Waals surface area contributed by atoms with Crippen LogP contribution in [-0.4, -0.2) is 20.7 Å². The lowest BCUT2D eigenvalue weighted by molar-refractivity contribution is 0.0948. The molecule has 1 amide bonds. The molecule has 4 aromatic rings. The van der Waals surface area contributed by atoms with E-state index >= 15 is 0 Å². The van der Waals surface area contributed by atoms with Crippen LogP contribution < -0.4 is 5.32 Å². The maximum absolute atomic E-state index is 12.9. The monoisotopic (exact) mass is 464 g/mol. The van der Waals surface area contributed by atoms with E-state index in [2.05, 4.69) is 31.3 Å². The average Bonchev–Trinajstić information content (AvgIpc) is 3.29. The van der Waals surface area contributed by atoms with Gasteiger partial charge in [0.05, 0.1) is 11.3 Å². The first-order chi connectivity index (χ1) is 14.2. The van der Waals surface area contributed by atoms with Crippen molar-refractivity contribution in [3.63, 3.8) is 0 Å². The molecule has 29 heavy (non-hydrogen) atoms. The van der Waals surface area contributed by atoms with Crippen LogP contribution in [0.2, 0.25) is 0 Å². The molecule has 5 nitrogen and oxygen atoms in total. The van der Waals surface area contributed by atoms with E-state index in [1.54, 1.807) is 17.1 Å². The van der Waals surface area contributed by atoms with Gasteiger partial charge in [-0.05, 0) is 57.9 Å². The first kappa shape index (κ1) is 19.4. The summed E-state index contributed by atoms with van der Waals surface area (Å²) < 4.78 is 2.72. The summed E-state index contributed by atoms with van der Waals surface area (Å²) in [6.07, 6.45) is 5.37. The maximum Gasteiger partial charge on any atom is 0.252 e. The van der Waals surface area contributed by atoms with Gasteiger partial charge >= 0.3 is 0 Å². The molecule has 0 unspecified atom stereocenters. The van der Waals surface area contributed by atoms with E-state index in [1.165, 1.54) is 11.8 Å². The number of benzene rings is 2. The van der Waals surface area contributed by atoms with E-state index in [9.17, 15) is 4.79 Å². The predicted octanol–water partition coefficient (Wildman–Crippen LogP) is 5.11. The third-order valence-corrected chi connectivity index (χ3v) is 5.72. The average molecular weight is 465 g/mol. The van der Waals surface area contributed by atoms with Crippen molar-refractivity contribution >= 4 is 33.6 Å². The summed E-state index contributed by atoms with van der Waals surface area (Å²) >= 11 is 4.86. The highest BCUT2D eigenvalue weighted by molar-refractivity contribution is 9.10. The van der Waals surface area contributed by atoms with Crippen LogP contribution in [0.5, 0.6) is 0 Å². The number of carbonyl (C=O) groups excluding carboxylic acids is 1. The van der Waals surface area contributed by atoms with Gasteiger partial charge in [0, 0.05) is 34.5 Å². The molecule has 2 aromatic carbocycles. The van der Waals surface area contributed by atoms with Crippen molar-refractivity contribution in [2.45, 2.75) is 16.5 Å². The van der Waals surface area contributed by atoms with Gasteiger partial charge < -0.3 is 5.32 Å². The summed E-state index contributed by atoms with van der Waals surface area (Å²) in [6.45, 7) is 0.407. The summed E-state index contributed by atoms with van der Waals surface area (Å²) in [5, 5.41) is 8.15. The number of amides is 1. The fourth-order valence-electron chi connectivity index (χ4n) is 2.84. The predicted molar refractivity (Wildman–Crippen MR) is 117 cm³/mol. The van der Waals surface area contributed by atoms with Gasteiger partial charge in [-0.2, -0.15) is 5.10 Å². The zero-order chi connectivity index (χ0) is 20.1. The number of nitrogens with zero attached hydrogens (tertiary/aromatic N) is 3. The lowest BCUT2D eigenvalue weighted by Crippen LogP contribution is -2.24. The molecule has 0 aliphatic carbocycles. The van der Waals surface area contributed by atoms with Crippen molar-refractivity contribution in [2.24, 2.45) is 0 Å². The van der Waals surface area contributed by atoms with Crippen molar-refractivity contribution in [3.8, 4) is 5.69 Å². The Balaban J connectivity index is 1.51. The molecule has 1 N–H and O–H groups in total. The number of halogens is 1. The van der Waals surface area contributed by atoms with Crippen molar-refractivity contribution in [1.29, 1.82) is 0 Å². The highest BCUT2D eigenvalue weighted by Crippen LogP contribution is 2.29. The van der Waals surface area contributed by atoms with Gasteiger partial charge in [0.2, 0.25) is 0 Å². The fraction of sp³-hybridized carbons (Fsp3) is 0.0455. The minimum atomic E-state index is -0.125. The second-order valence-corrected chi connectivity index (χ2v) is 8.15. The first-order valence-electron chi connectivity index (χ1n) is 8.95. The van der Waals surface area contributed by atoms with Crippen LogP contribution in [0.15, 0.2) is 99.7 Å². The Bertz CT molecular complexity index is 1110. The van der Waals surface area contributed by atoms with E-state index in [-0.39, 0.29) is 5.91 Å². The fourth-order valence-corrected chi connectivity index (χ4v) is 3.96. The number of nitrogens with one attached hydrogen (secondary N) is 1. The molecule has 0 atom stereocenters. The lowest BCUT2D eigenvalue weighted by atomic mass is 10.1. The molecule has 0 spiro atoms. The topological polar surface area (TPSA) is 59.8 Å². The van der Waals surface area contributed by atoms with Gasteiger partial charge in [-0.25, -0.2) is 9.67 Å². The number of carbonyl (C=O) groups is 1. The van der Waals surface area contributed by atoms with Gasteiger partial charge in [-0.3, -0.25) is 4.79 Å². The number of para-hydroxylation sites is 1. The largest absolute Gasteiger partial charge is 0.348 e. The molecule has 0 saturated heterocycles. The highest BCUT2D eigenvalue weighted by Gasteiger charge is 2.13. The number of rotatable bonds is 6. The highest BCUT2D eigenvalue weighted by atomic mass is 79.9. The Morgan fingerprint density at radius 1 is 1.03 bits per heavy atom. The Labute approximate surface area is 181 Å². The molecule has 2 heterocycles.